The summed E-state index contributed by atoms with van der Waals surface area (Å²) in [5.41, 5.74) is 7.74. The van der Waals surface area contributed by atoms with E-state index in [-0.39, 0.29) is 0 Å². The van der Waals surface area contributed by atoms with E-state index < -0.39 is 0 Å². The van der Waals surface area contributed by atoms with Crippen molar-refractivity contribution in [2.75, 3.05) is 83.3 Å². The van der Waals surface area contributed by atoms with Gasteiger partial charge in [0.05, 0.1) is 39.0 Å². The molecule has 2 heterocycles. The van der Waals surface area contributed by atoms with Gasteiger partial charge in [-0.2, -0.15) is 0 Å². The Morgan fingerprint density at radius 2 is 2.04 bits per heavy atom. The Labute approximate surface area is 138 Å². The van der Waals surface area contributed by atoms with Crippen molar-refractivity contribution in [1.82, 2.24) is 5.32 Å². The highest BCUT2D eigenvalue weighted by Gasteiger charge is 2.24. The zero-order valence-corrected chi connectivity index (χ0v) is 14.1. The molecule has 0 spiro atoms. The average Bonchev–Trinajstić information content (AvgIpc) is 2.55. The van der Waals surface area contributed by atoms with Gasteiger partial charge in [0.15, 0.2) is 0 Å². The maximum Gasteiger partial charge on any atom is 0.144 e. The summed E-state index contributed by atoms with van der Waals surface area (Å²) < 4.78 is 12.3. The van der Waals surface area contributed by atoms with Crippen LogP contribution in [0.5, 0.6) is 5.75 Å². The summed E-state index contributed by atoms with van der Waals surface area (Å²) in [5.74, 6) is 0.905. The molecule has 23 heavy (non-hydrogen) atoms. The number of fused-ring (bicyclic) bond motifs is 1. The molecule has 0 atom stereocenters. The first kappa shape index (κ1) is 16.4. The molecule has 0 saturated carbocycles. The minimum atomic E-state index is 0.728. The second kappa shape index (κ2) is 7.38. The number of morpholine rings is 1. The zero-order valence-electron chi connectivity index (χ0n) is 14.1. The van der Waals surface area contributed by atoms with Gasteiger partial charge >= 0.3 is 0 Å². The number of nitrogen functional groups attached to an aromatic ring is 1. The number of rotatable bonds is 6. The molecule has 0 aromatic heterocycles. The Morgan fingerprint density at radius 3 is 2.87 bits per heavy atom. The minimum Gasteiger partial charge on any atom is -0.489 e. The van der Waals surface area contributed by atoms with Crippen LogP contribution in [-0.2, 0) is 4.74 Å². The third kappa shape index (κ3) is 4.28. The number of anilines is 2. The molecule has 1 aromatic carbocycles. The normalized spacial score (nSPS) is 20.0. The predicted octanol–water partition coefficient (Wildman–Crippen LogP) is 0.534. The van der Waals surface area contributed by atoms with Gasteiger partial charge in [0.2, 0.25) is 0 Å². The summed E-state index contributed by atoms with van der Waals surface area (Å²) >= 11 is 0. The monoisotopic (exact) mass is 321 g/mol. The van der Waals surface area contributed by atoms with Gasteiger partial charge in [-0.3, -0.25) is 0 Å². The molecular weight excluding hydrogens is 292 g/mol. The van der Waals surface area contributed by atoms with E-state index in [2.05, 4.69) is 23.3 Å². The number of likely N-dealkylation sites (N-methyl/N-ethyl adjacent to an activating group) is 1. The maximum absolute atomic E-state index is 5.83. The molecule has 3 N–H and O–H groups in total. The summed E-state index contributed by atoms with van der Waals surface area (Å²) in [6, 6.07) is 5.92. The van der Waals surface area contributed by atoms with Crippen molar-refractivity contribution >= 4 is 11.4 Å². The van der Waals surface area contributed by atoms with Gasteiger partial charge in [0.1, 0.15) is 25.4 Å². The van der Waals surface area contributed by atoms with Crippen molar-refractivity contribution < 1.29 is 14.0 Å². The Bertz CT molecular complexity index is 517. The average molecular weight is 321 g/mol. The van der Waals surface area contributed by atoms with Crippen molar-refractivity contribution in [2.24, 2.45) is 0 Å². The molecule has 0 amide bonds. The number of nitrogens with one attached hydrogen (secondary N) is 1. The van der Waals surface area contributed by atoms with Crippen LogP contribution in [0.3, 0.4) is 0 Å². The fourth-order valence-electron chi connectivity index (χ4n) is 3.22. The Hall–Kier alpha value is -1.50. The van der Waals surface area contributed by atoms with Crippen molar-refractivity contribution in [1.29, 1.82) is 0 Å². The van der Waals surface area contributed by atoms with E-state index in [1.807, 2.05) is 12.1 Å². The Balaban J connectivity index is 1.41. The van der Waals surface area contributed by atoms with Gasteiger partial charge in [-0.05, 0) is 12.1 Å². The first-order valence-corrected chi connectivity index (χ1v) is 8.56. The van der Waals surface area contributed by atoms with Crippen LogP contribution in [0, 0.1) is 0 Å². The zero-order chi connectivity index (χ0) is 16.1. The highest BCUT2D eigenvalue weighted by atomic mass is 16.5. The van der Waals surface area contributed by atoms with Gasteiger partial charge in [-0.15, -0.1) is 0 Å². The molecule has 2 aliphatic heterocycles. The lowest BCUT2D eigenvalue weighted by molar-refractivity contribution is -0.915. The molecule has 2 aliphatic rings. The molecule has 0 radical (unpaired) electrons. The fraction of sp³-hybridized carbons (Fsp3) is 0.647. The van der Waals surface area contributed by atoms with Crippen molar-refractivity contribution in [3.63, 3.8) is 0 Å². The van der Waals surface area contributed by atoms with Crippen LogP contribution in [0.2, 0.25) is 0 Å². The summed E-state index contributed by atoms with van der Waals surface area (Å²) in [7, 11) is 2.33. The lowest BCUT2D eigenvalue weighted by Gasteiger charge is -2.37. The highest BCUT2D eigenvalue weighted by molar-refractivity contribution is 5.65. The first-order valence-electron chi connectivity index (χ1n) is 8.56. The van der Waals surface area contributed by atoms with Crippen molar-refractivity contribution in [2.45, 2.75) is 0 Å². The van der Waals surface area contributed by atoms with Gasteiger partial charge in [-0.25, -0.2) is 0 Å². The molecule has 1 saturated heterocycles. The molecule has 6 heteroatoms. The largest absolute Gasteiger partial charge is 0.489 e. The lowest BCUT2D eigenvalue weighted by atomic mass is 10.2. The smallest absolute Gasteiger partial charge is 0.144 e. The van der Waals surface area contributed by atoms with Crippen LogP contribution >= 0.6 is 0 Å². The number of quaternary nitrogens is 1. The maximum atomic E-state index is 5.83. The number of nitrogens with two attached hydrogens (primary N) is 1. The second-order valence-corrected chi connectivity index (χ2v) is 6.72. The lowest BCUT2D eigenvalue weighted by Crippen LogP contribution is -2.54. The molecule has 1 aromatic rings. The molecule has 1 fully saturated rings. The predicted molar refractivity (Wildman–Crippen MR) is 93.0 cm³/mol. The fourth-order valence-corrected chi connectivity index (χ4v) is 3.22. The number of hydrogen-bond acceptors (Lipinski definition) is 5. The molecule has 128 valence electrons. The third-order valence-electron chi connectivity index (χ3n) is 4.88. The Kier molecular flexibility index (Phi) is 5.25. The standard InChI is InChI=1S/C17H29N4O2/c1-21(9-12-22-13-10-21)8-5-19-4-6-20-7-11-23-17-14-15(18)2-3-16(17)20/h2-3,14,19H,4-13,18H2,1H3/q+1. The number of hydrogen-bond donors (Lipinski definition) is 2. The van der Waals surface area contributed by atoms with Gasteiger partial charge < -0.3 is 29.9 Å². The molecule has 0 bridgehead atoms. The van der Waals surface area contributed by atoms with Crippen molar-refractivity contribution in [3.8, 4) is 5.75 Å². The molecular formula is C17H29N4O2+. The van der Waals surface area contributed by atoms with Crippen LogP contribution in [0.4, 0.5) is 11.4 Å². The van der Waals surface area contributed by atoms with Crippen molar-refractivity contribution in [3.05, 3.63) is 18.2 Å². The summed E-state index contributed by atoms with van der Waals surface area (Å²) in [5, 5.41) is 3.58. The SMILES string of the molecule is C[N+]1(CCNCCN2CCOc3cc(N)ccc32)CCOCC1. The molecule has 6 nitrogen and oxygen atoms in total. The quantitative estimate of drug-likeness (QED) is 0.455. The van der Waals surface area contributed by atoms with E-state index in [0.29, 0.717) is 0 Å². The molecule has 3 rings (SSSR count). The third-order valence-corrected chi connectivity index (χ3v) is 4.88. The van der Waals surface area contributed by atoms with E-state index >= 15 is 0 Å². The number of ether oxygens (including phenoxy) is 2. The van der Waals surface area contributed by atoms with E-state index in [0.717, 1.165) is 80.7 Å². The van der Waals surface area contributed by atoms with E-state index in [9.17, 15) is 0 Å². The van der Waals surface area contributed by atoms with Gasteiger partial charge in [-0.1, -0.05) is 0 Å². The Morgan fingerprint density at radius 1 is 1.22 bits per heavy atom. The molecule has 0 aliphatic carbocycles. The van der Waals surface area contributed by atoms with E-state index in [1.165, 1.54) is 6.54 Å². The topological polar surface area (TPSA) is 59.8 Å². The summed E-state index contributed by atoms with van der Waals surface area (Å²) in [6.07, 6.45) is 0. The summed E-state index contributed by atoms with van der Waals surface area (Å²) in [6.45, 7) is 9.89. The molecule has 0 unspecified atom stereocenters. The van der Waals surface area contributed by atoms with Crippen LogP contribution in [0.25, 0.3) is 0 Å². The summed E-state index contributed by atoms with van der Waals surface area (Å²) in [4.78, 5) is 2.37. The van der Waals surface area contributed by atoms with Crippen LogP contribution < -0.4 is 20.7 Å². The van der Waals surface area contributed by atoms with E-state index in [4.69, 9.17) is 15.2 Å². The van der Waals surface area contributed by atoms with Gasteiger partial charge in [0.25, 0.3) is 0 Å². The minimum absolute atomic E-state index is 0.728. The number of nitrogens with zero attached hydrogens (tertiary/aromatic N) is 2. The van der Waals surface area contributed by atoms with Gasteiger partial charge in [0, 0.05) is 31.4 Å². The second-order valence-electron chi connectivity index (χ2n) is 6.72. The number of benzene rings is 1. The van der Waals surface area contributed by atoms with E-state index in [1.54, 1.807) is 0 Å². The van der Waals surface area contributed by atoms with Crippen LogP contribution in [0.1, 0.15) is 0 Å². The first-order chi connectivity index (χ1) is 11.2. The van der Waals surface area contributed by atoms with Crippen LogP contribution in [0.15, 0.2) is 18.2 Å². The van der Waals surface area contributed by atoms with Crippen LogP contribution in [-0.4, -0.2) is 77.2 Å². The highest BCUT2D eigenvalue weighted by Crippen LogP contribution is 2.32.